The van der Waals surface area contributed by atoms with Crippen molar-refractivity contribution in [2.45, 2.75) is 6.92 Å². The lowest BCUT2D eigenvalue weighted by Gasteiger charge is -1.91. The summed E-state index contributed by atoms with van der Waals surface area (Å²) >= 11 is 4.47. The Hall–Kier alpha value is -0.900. The van der Waals surface area contributed by atoms with Crippen molar-refractivity contribution in [1.82, 2.24) is 5.43 Å². The molecule has 0 aliphatic heterocycles. The van der Waals surface area contributed by atoms with Gasteiger partial charge >= 0.3 is 0 Å². The maximum absolute atomic E-state index is 5.06. The highest BCUT2D eigenvalue weighted by Crippen LogP contribution is 1.76. The van der Waals surface area contributed by atoms with Gasteiger partial charge in [-0.2, -0.15) is 5.10 Å². The van der Waals surface area contributed by atoms with E-state index in [1.165, 1.54) is 0 Å². The molecule has 0 fully saturated rings. The Morgan fingerprint density at radius 3 is 2.78 bits per heavy atom. The highest BCUT2D eigenvalue weighted by Gasteiger charge is 1.77. The van der Waals surface area contributed by atoms with Crippen LogP contribution in [0.4, 0.5) is 0 Å². The molecule has 0 saturated carbocycles. The van der Waals surface area contributed by atoms with E-state index in [0.29, 0.717) is 0 Å². The minimum Gasteiger partial charge on any atom is -0.375 e. The van der Waals surface area contributed by atoms with Crippen molar-refractivity contribution in [2.24, 2.45) is 10.8 Å². The normalized spacial score (nSPS) is 9.44. The number of hydrogen-bond acceptors (Lipinski definition) is 2. The fraction of sp³-hybridized carbons (Fsp3) is 0.200. The van der Waals surface area contributed by atoms with Gasteiger partial charge in [-0.3, -0.25) is 5.43 Å². The van der Waals surface area contributed by atoms with Crippen LogP contribution in [-0.2, 0) is 0 Å². The molecule has 0 rings (SSSR count). The Morgan fingerprint density at radius 1 is 1.89 bits per heavy atom. The van der Waals surface area contributed by atoms with E-state index >= 15 is 0 Å². The SMILES string of the molecule is C=C(C)/C=N/NC(N)=S. The first-order chi connectivity index (χ1) is 4.13. The largest absolute Gasteiger partial charge is 0.375 e. The summed E-state index contributed by atoms with van der Waals surface area (Å²) in [5.74, 6) is 0. The topological polar surface area (TPSA) is 50.4 Å². The first-order valence-corrected chi connectivity index (χ1v) is 2.78. The number of allylic oxidation sites excluding steroid dienone is 1. The van der Waals surface area contributed by atoms with E-state index in [1.807, 2.05) is 6.92 Å². The zero-order chi connectivity index (χ0) is 7.28. The molecule has 4 heteroatoms. The van der Waals surface area contributed by atoms with Gasteiger partial charge < -0.3 is 5.73 Å². The van der Waals surface area contributed by atoms with Crippen LogP contribution in [0.25, 0.3) is 0 Å². The third-order valence-electron chi connectivity index (χ3n) is 0.460. The molecule has 0 heterocycles. The molecule has 0 amide bonds. The number of thiocarbonyl (C=S) groups is 1. The van der Waals surface area contributed by atoms with Gasteiger partial charge in [0.2, 0.25) is 0 Å². The molecule has 9 heavy (non-hydrogen) atoms. The van der Waals surface area contributed by atoms with E-state index in [-0.39, 0.29) is 5.11 Å². The van der Waals surface area contributed by atoms with Crippen molar-refractivity contribution in [1.29, 1.82) is 0 Å². The average Bonchev–Trinajstić information content (AvgIpc) is 1.63. The molecule has 3 nitrogen and oxygen atoms in total. The van der Waals surface area contributed by atoms with Gasteiger partial charge in [0.25, 0.3) is 0 Å². The molecule has 50 valence electrons. The second kappa shape index (κ2) is 4.03. The number of nitrogens with zero attached hydrogens (tertiary/aromatic N) is 1. The van der Waals surface area contributed by atoms with Crippen LogP contribution in [0.15, 0.2) is 17.3 Å². The van der Waals surface area contributed by atoms with Crippen molar-refractivity contribution in [3.63, 3.8) is 0 Å². The number of nitrogens with two attached hydrogens (primary N) is 1. The molecule has 0 atom stereocenters. The molecule has 0 radical (unpaired) electrons. The predicted molar refractivity (Wildman–Crippen MR) is 43.2 cm³/mol. The zero-order valence-electron chi connectivity index (χ0n) is 5.22. The van der Waals surface area contributed by atoms with Gasteiger partial charge in [-0.1, -0.05) is 6.58 Å². The van der Waals surface area contributed by atoms with Crippen LogP contribution in [-0.4, -0.2) is 11.3 Å². The van der Waals surface area contributed by atoms with Gasteiger partial charge in [-0.25, -0.2) is 0 Å². The standard InChI is InChI=1S/C5H9N3S/c1-4(2)3-7-8-5(6)9/h3H,1H2,2H3,(H3,6,8,9)/b7-3+. The first kappa shape index (κ1) is 8.10. The van der Waals surface area contributed by atoms with Crippen molar-refractivity contribution in [3.8, 4) is 0 Å². The molecule has 0 unspecified atom stereocenters. The van der Waals surface area contributed by atoms with Crippen LogP contribution < -0.4 is 11.2 Å². The van der Waals surface area contributed by atoms with Crippen LogP contribution in [0.1, 0.15) is 6.92 Å². The fourth-order valence-electron chi connectivity index (χ4n) is 0.206. The van der Waals surface area contributed by atoms with Gasteiger partial charge in [0.1, 0.15) is 0 Å². The van der Waals surface area contributed by atoms with Gasteiger partial charge in [0.15, 0.2) is 5.11 Å². The quantitative estimate of drug-likeness (QED) is 0.334. The van der Waals surface area contributed by atoms with Crippen molar-refractivity contribution in [3.05, 3.63) is 12.2 Å². The van der Waals surface area contributed by atoms with E-state index in [9.17, 15) is 0 Å². The van der Waals surface area contributed by atoms with Gasteiger partial charge in [0.05, 0.1) is 0 Å². The fourth-order valence-corrected chi connectivity index (χ4v) is 0.259. The highest BCUT2D eigenvalue weighted by atomic mass is 32.1. The van der Waals surface area contributed by atoms with Crippen molar-refractivity contribution in [2.75, 3.05) is 0 Å². The van der Waals surface area contributed by atoms with Crippen LogP contribution >= 0.6 is 12.2 Å². The van der Waals surface area contributed by atoms with E-state index in [2.05, 4.69) is 29.3 Å². The van der Waals surface area contributed by atoms with Gasteiger partial charge in [-0.05, 0) is 24.7 Å². The second-order valence-corrected chi connectivity index (χ2v) is 2.02. The molecule has 0 saturated heterocycles. The third kappa shape index (κ3) is 7.10. The molecule has 0 aromatic carbocycles. The summed E-state index contributed by atoms with van der Waals surface area (Å²) in [7, 11) is 0. The lowest BCUT2D eigenvalue weighted by atomic mass is 10.4. The molecular formula is C5H9N3S. The summed E-state index contributed by atoms with van der Waals surface area (Å²) in [5, 5.41) is 3.79. The lowest BCUT2D eigenvalue weighted by molar-refractivity contribution is 1.04. The molecule has 0 aromatic rings. The smallest absolute Gasteiger partial charge is 0.184 e. The summed E-state index contributed by atoms with van der Waals surface area (Å²) < 4.78 is 0. The van der Waals surface area contributed by atoms with E-state index < -0.39 is 0 Å². The monoisotopic (exact) mass is 143 g/mol. The Bertz CT molecular complexity index is 150. The maximum Gasteiger partial charge on any atom is 0.184 e. The molecular weight excluding hydrogens is 134 g/mol. The highest BCUT2D eigenvalue weighted by molar-refractivity contribution is 7.80. The summed E-state index contributed by atoms with van der Waals surface area (Å²) in [6.45, 7) is 5.40. The molecule has 0 aliphatic carbocycles. The number of rotatable bonds is 2. The molecule has 0 spiro atoms. The Kier molecular flexibility index (Phi) is 3.62. The minimum absolute atomic E-state index is 0.160. The Labute approximate surface area is 59.6 Å². The van der Waals surface area contributed by atoms with Crippen LogP contribution in [0.2, 0.25) is 0 Å². The van der Waals surface area contributed by atoms with E-state index in [4.69, 9.17) is 5.73 Å². The summed E-state index contributed by atoms with van der Waals surface area (Å²) in [6, 6.07) is 0. The van der Waals surface area contributed by atoms with Crippen molar-refractivity contribution < 1.29 is 0 Å². The molecule has 0 bridgehead atoms. The number of hydrazone groups is 1. The minimum atomic E-state index is 0.160. The third-order valence-corrected chi connectivity index (χ3v) is 0.551. The van der Waals surface area contributed by atoms with E-state index in [1.54, 1.807) is 6.21 Å². The first-order valence-electron chi connectivity index (χ1n) is 2.37. The molecule has 0 aromatic heterocycles. The number of hydrogen-bond donors (Lipinski definition) is 2. The van der Waals surface area contributed by atoms with Gasteiger partial charge in [0, 0.05) is 6.21 Å². The Balaban J connectivity index is 3.48. The summed E-state index contributed by atoms with van der Waals surface area (Å²) in [5.41, 5.74) is 8.30. The van der Waals surface area contributed by atoms with E-state index in [0.717, 1.165) is 5.57 Å². The zero-order valence-corrected chi connectivity index (χ0v) is 6.03. The lowest BCUT2D eigenvalue weighted by Crippen LogP contribution is -2.23. The summed E-state index contributed by atoms with van der Waals surface area (Å²) in [6.07, 6.45) is 1.54. The predicted octanol–water partition coefficient (Wildman–Crippen LogP) is 0.382. The van der Waals surface area contributed by atoms with Crippen LogP contribution in [0, 0.1) is 0 Å². The van der Waals surface area contributed by atoms with Crippen LogP contribution in [0.5, 0.6) is 0 Å². The average molecular weight is 143 g/mol. The Morgan fingerprint density at radius 2 is 2.44 bits per heavy atom. The summed E-state index contributed by atoms with van der Waals surface area (Å²) in [4.78, 5) is 0. The molecule has 3 N–H and O–H groups in total. The van der Waals surface area contributed by atoms with Crippen LogP contribution in [0.3, 0.4) is 0 Å². The second-order valence-electron chi connectivity index (χ2n) is 1.58. The molecule has 0 aliphatic rings. The van der Waals surface area contributed by atoms with Crippen molar-refractivity contribution >= 4 is 23.5 Å². The number of nitrogens with one attached hydrogen (secondary N) is 1. The maximum atomic E-state index is 5.06. The van der Waals surface area contributed by atoms with Gasteiger partial charge in [-0.15, -0.1) is 0 Å².